The van der Waals surface area contributed by atoms with Gasteiger partial charge in [-0.1, -0.05) is 123 Å². The van der Waals surface area contributed by atoms with Crippen molar-refractivity contribution in [1.82, 2.24) is 0 Å². The molecule has 0 bridgehead atoms. The van der Waals surface area contributed by atoms with Gasteiger partial charge >= 0.3 is 23.9 Å². The van der Waals surface area contributed by atoms with Crippen LogP contribution < -0.4 is 10.9 Å². The van der Waals surface area contributed by atoms with Crippen LogP contribution in [0.4, 0.5) is 11.4 Å². The lowest BCUT2D eigenvalue weighted by Crippen LogP contribution is -2.21. The van der Waals surface area contributed by atoms with E-state index in [1.165, 1.54) is 0 Å². The van der Waals surface area contributed by atoms with Crippen molar-refractivity contribution in [3.8, 4) is 0 Å². The fourth-order valence-corrected chi connectivity index (χ4v) is 5.82. The smallest absolute Gasteiger partial charge is 0.359 e. The molecule has 2 heterocycles. The second-order valence-electron chi connectivity index (χ2n) is 13.0. The van der Waals surface area contributed by atoms with Gasteiger partial charge in [-0.25, -0.2) is 19.2 Å². The summed E-state index contributed by atoms with van der Waals surface area (Å²) < 4.78 is 21.6. The van der Waals surface area contributed by atoms with Crippen molar-refractivity contribution < 1.29 is 38.1 Å². The number of hydrogen-bond donors (Lipinski definition) is 2. The van der Waals surface area contributed by atoms with E-state index in [-0.39, 0.29) is 11.4 Å². The first-order valence-corrected chi connectivity index (χ1v) is 19.2. The minimum absolute atomic E-state index is 0.163. The molecule has 2 aliphatic rings. The minimum Gasteiger partial charge on any atom is -0.462 e. The van der Waals surface area contributed by atoms with Gasteiger partial charge in [0.1, 0.15) is 0 Å². The van der Waals surface area contributed by atoms with E-state index in [4.69, 9.17) is 18.9 Å². The number of carbonyl (C=O) groups is 4. The molecule has 2 aliphatic heterocycles. The predicted octanol–water partition coefficient (Wildman–Crippen LogP) is 8.33. The minimum atomic E-state index is -0.495. The van der Waals surface area contributed by atoms with Gasteiger partial charge in [-0.15, -0.1) is 0 Å². The molecule has 2 N–H and O–H groups in total. The Kier molecular flexibility index (Phi) is 16.6. The first-order valence-electron chi connectivity index (χ1n) is 19.2. The number of cyclic esters (lactones) is 4. The van der Waals surface area contributed by atoms with Crippen LogP contribution >= 0.6 is 0 Å². The largest absolute Gasteiger partial charge is 0.462 e. The third kappa shape index (κ3) is 12.9. The molecule has 6 rings (SSSR count). The molecule has 0 saturated heterocycles. The number of fused-ring (bicyclic) bond motifs is 2. The van der Waals surface area contributed by atoms with Crippen LogP contribution in [0.25, 0.3) is 0 Å². The highest BCUT2D eigenvalue weighted by Gasteiger charge is 2.19. The Bertz CT molecular complexity index is 1810. The molecular formula is C44H48N4O8. The Morgan fingerprint density at radius 1 is 0.357 bits per heavy atom. The zero-order valence-electron chi connectivity index (χ0n) is 31.5. The van der Waals surface area contributed by atoms with E-state index in [1.54, 1.807) is 72.8 Å². The van der Waals surface area contributed by atoms with Crippen molar-refractivity contribution in [1.29, 1.82) is 0 Å². The van der Waals surface area contributed by atoms with Crippen LogP contribution in [-0.4, -0.2) is 61.7 Å². The Morgan fingerprint density at radius 2 is 0.661 bits per heavy atom. The van der Waals surface area contributed by atoms with Crippen LogP contribution in [0.1, 0.15) is 96.1 Å². The number of para-hydroxylation sites is 2. The molecule has 0 radical (unpaired) electrons. The van der Waals surface area contributed by atoms with E-state index < -0.39 is 23.9 Å². The maximum absolute atomic E-state index is 12.6. The number of hydrogen-bond acceptors (Lipinski definition) is 12. The lowest BCUT2D eigenvalue weighted by Gasteiger charge is -2.12. The van der Waals surface area contributed by atoms with Gasteiger partial charge in [-0.3, -0.25) is 10.9 Å². The summed E-state index contributed by atoms with van der Waals surface area (Å²) in [6.45, 7) is 1.49. The lowest BCUT2D eigenvalue weighted by molar-refractivity contribution is -0.136. The highest BCUT2D eigenvalue weighted by atomic mass is 16.5. The zero-order valence-corrected chi connectivity index (χ0v) is 31.5. The first kappa shape index (κ1) is 40.9. The number of benzene rings is 4. The molecule has 0 saturated carbocycles. The molecule has 12 nitrogen and oxygen atoms in total. The quantitative estimate of drug-likeness (QED) is 0.151. The fraction of sp³-hybridized carbons (Fsp3) is 0.318. The van der Waals surface area contributed by atoms with Gasteiger partial charge in [0, 0.05) is 11.1 Å². The summed E-state index contributed by atoms with van der Waals surface area (Å²) in [5, 5.41) is 8.53. The number of rotatable bonds is 2. The van der Waals surface area contributed by atoms with Gasteiger partial charge < -0.3 is 18.9 Å². The van der Waals surface area contributed by atoms with E-state index >= 15 is 0 Å². The van der Waals surface area contributed by atoms with Crippen LogP contribution in [0.15, 0.2) is 119 Å². The summed E-state index contributed by atoms with van der Waals surface area (Å²) in [4.78, 5) is 50.0. The maximum atomic E-state index is 12.6. The number of nitrogens with zero attached hydrogens (tertiary/aromatic N) is 2. The summed E-state index contributed by atoms with van der Waals surface area (Å²) in [6.07, 6.45) is 9.10. The van der Waals surface area contributed by atoms with Crippen LogP contribution in [0.5, 0.6) is 0 Å². The van der Waals surface area contributed by atoms with Crippen LogP contribution in [-0.2, 0) is 28.5 Å². The van der Waals surface area contributed by atoms with Gasteiger partial charge in [-0.05, 0) is 49.9 Å². The Balaban J connectivity index is 0.000000214. The average Bonchev–Trinajstić information content (AvgIpc) is 3.23. The van der Waals surface area contributed by atoms with Crippen molar-refractivity contribution in [2.24, 2.45) is 10.2 Å². The van der Waals surface area contributed by atoms with Crippen molar-refractivity contribution >= 4 is 46.7 Å². The van der Waals surface area contributed by atoms with Crippen molar-refractivity contribution in [3.63, 3.8) is 0 Å². The molecule has 4 aromatic rings. The number of carbonyl (C=O) groups excluding carboxylic acids is 4. The second-order valence-corrected chi connectivity index (χ2v) is 13.0. The second kappa shape index (κ2) is 22.8. The van der Waals surface area contributed by atoms with E-state index in [9.17, 15) is 19.2 Å². The van der Waals surface area contributed by atoms with E-state index in [1.807, 2.05) is 36.4 Å². The number of nitrogens with one attached hydrogen (secondary N) is 2. The number of anilines is 2. The number of hydrazone groups is 2. The SMILES string of the molecule is O=C1OCCCCCCCOC(=O)c2ccccc2N/N=C/1c1ccccc1.O=C1OCCCCCCCOC(=O)c2ccccc2N/N=C/1c1ccccc1. The number of ether oxygens (including phenoxy) is 4. The monoisotopic (exact) mass is 760 g/mol. The van der Waals surface area contributed by atoms with Crippen molar-refractivity contribution in [2.75, 3.05) is 37.3 Å². The standard InChI is InChI=1S/2C22H24N2O4/c2*25-21-18-13-7-8-14-19(18)23-24-20(17-11-5-4-6-12-17)22(26)28-16-10-3-1-2-9-15-27-21/h2*4-8,11-14,23H,1-3,9-10,15-16H2/b2*24-20+. The van der Waals surface area contributed by atoms with Gasteiger partial charge in [0.2, 0.25) is 0 Å². The molecule has 0 aromatic heterocycles. The topological polar surface area (TPSA) is 154 Å². The molecular weight excluding hydrogens is 713 g/mol. The van der Waals surface area contributed by atoms with Gasteiger partial charge in [0.05, 0.1) is 48.9 Å². The zero-order chi connectivity index (χ0) is 39.2. The van der Waals surface area contributed by atoms with E-state index in [0.717, 1.165) is 64.2 Å². The molecule has 0 amide bonds. The van der Waals surface area contributed by atoms with Crippen LogP contribution in [0.3, 0.4) is 0 Å². The number of esters is 4. The van der Waals surface area contributed by atoms with Crippen LogP contribution in [0, 0.1) is 0 Å². The molecule has 292 valence electrons. The Labute approximate surface area is 327 Å². The van der Waals surface area contributed by atoms with E-state index in [2.05, 4.69) is 21.1 Å². The maximum Gasteiger partial charge on any atom is 0.359 e. The summed E-state index contributed by atoms with van der Waals surface area (Å²) in [5.74, 6) is -1.81. The first-order chi connectivity index (χ1) is 27.5. The predicted molar refractivity (Wildman–Crippen MR) is 215 cm³/mol. The highest BCUT2D eigenvalue weighted by molar-refractivity contribution is 6.44. The molecule has 0 atom stereocenters. The molecule has 56 heavy (non-hydrogen) atoms. The fourth-order valence-electron chi connectivity index (χ4n) is 5.82. The van der Waals surface area contributed by atoms with Gasteiger partial charge in [0.15, 0.2) is 11.4 Å². The van der Waals surface area contributed by atoms with E-state index in [0.29, 0.717) is 60.1 Å². The summed E-state index contributed by atoms with van der Waals surface area (Å²) in [5.41, 5.74) is 8.98. The molecule has 0 spiro atoms. The molecule has 0 aliphatic carbocycles. The highest BCUT2D eigenvalue weighted by Crippen LogP contribution is 2.19. The van der Waals surface area contributed by atoms with Crippen molar-refractivity contribution in [3.05, 3.63) is 131 Å². The molecule has 12 heteroatoms. The summed E-state index contributed by atoms with van der Waals surface area (Å²) in [7, 11) is 0. The Morgan fingerprint density at radius 3 is 1.04 bits per heavy atom. The Hall–Kier alpha value is -6.30. The van der Waals surface area contributed by atoms with Crippen LogP contribution in [0.2, 0.25) is 0 Å². The average molecular weight is 761 g/mol. The molecule has 0 fully saturated rings. The molecule has 4 aromatic carbocycles. The summed E-state index contributed by atoms with van der Waals surface area (Å²) in [6, 6.07) is 32.1. The van der Waals surface area contributed by atoms with Crippen molar-refractivity contribution in [2.45, 2.75) is 64.2 Å². The summed E-state index contributed by atoms with van der Waals surface area (Å²) >= 11 is 0. The van der Waals surface area contributed by atoms with Gasteiger partial charge in [0.25, 0.3) is 0 Å². The third-order valence-electron chi connectivity index (χ3n) is 8.86. The lowest BCUT2D eigenvalue weighted by atomic mass is 10.1. The molecule has 0 unspecified atom stereocenters. The van der Waals surface area contributed by atoms with Gasteiger partial charge in [-0.2, -0.15) is 10.2 Å². The normalized spacial score (nSPS) is 18.6. The third-order valence-corrected chi connectivity index (χ3v) is 8.86.